The maximum absolute atomic E-state index is 12.2. The smallest absolute Gasteiger partial charge is 0.123 e. The van der Waals surface area contributed by atoms with Gasteiger partial charge in [0.05, 0.1) is 0 Å². The van der Waals surface area contributed by atoms with Gasteiger partial charge in [-0.2, -0.15) is 0 Å². The van der Waals surface area contributed by atoms with Crippen LogP contribution in [-0.4, -0.2) is 6.29 Å². The first-order valence-corrected chi connectivity index (χ1v) is 14.6. The molecular formula is C34H56O. The molecule has 0 saturated heterocycles. The van der Waals surface area contributed by atoms with E-state index in [0.717, 1.165) is 25.7 Å². The van der Waals surface area contributed by atoms with Gasteiger partial charge in [-0.3, -0.25) is 0 Å². The van der Waals surface area contributed by atoms with Gasteiger partial charge in [0.25, 0.3) is 0 Å². The number of hydrogen-bond acceptors (Lipinski definition) is 1. The van der Waals surface area contributed by atoms with Crippen LogP contribution in [-0.2, 0) is 15.6 Å². The minimum Gasteiger partial charge on any atom is -0.303 e. The third-order valence-electron chi connectivity index (χ3n) is 7.96. The molecule has 198 valence electrons. The summed E-state index contributed by atoms with van der Waals surface area (Å²) >= 11 is 0. The zero-order chi connectivity index (χ0) is 26.0. The first-order valence-electron chi connectivity index (χ1n) is 14.6. The molecule has 0 aliphatic rings. The second kappa shape index (κ2) is 17.7. The molecule has 1 aromatic carbocycles. The van der Waals surface area contributed by atoms with Gasteiger partial charge in [-0.1, -0.05) is 128 Å². The van der Waals surface area contributed by atoms with Crippen LogP contribution in [0.15, 0.2) is 49.6 Å². The second-order valence-corrected chi connectivity index (χ2v) is 11.8. The van der Waals surface area contributed by atoms with Crippen molar-refractivity contribution in [2.75, 3.05) is 0 Å². The lowest BCUT2D eigenvalue weighted by atomic mass is 9.65. The number of benzene rings is 1. The predicted octanol–water partition coefficient (Wildman–Crippen LogP) is 10.7. The molecule has 0 amide bonds. The molecule has 0 saturated carbocycles. The third-order valence-corrected chi connectivity index (χ3v) is 7.96. The Morgan fingerprint density at radius 1 is 0.657 bits per heavy atom. The molecule has 0 heterocycles. The SMILES string of the molecule is C=CCCCCCCCCC(CCCCCCCCC=C)(c1ccc(C(C)(C)C)cc1)C(C)C=O. The molecule has 35 heavy (non-hydrogen) atoms. The summed E-state index contributed by atoms with van der Waals surface area (Å²) < 4.78 is 0. The minimum absolute atomic E-state index is 0.0379. The Labute approximate surface area is 218 Å². The van der Waals surface area contributed by atoms with E-state index in [9.17, 15) is 4.79 Å². The molecule has 0 fully saturated rings. The van der Waals surface area contributed by atoms with Gasteiger partial charge in [0.15, 0.2) is 0 Å². The van der Waals surface area contributed by atoms with E-state index >= 15 is 0 Å². The largest absolute Gasteiger partial charge is 0.303 e. The number of allylic oxidation sites excluding steroid dienone is 2. The van der Waals surface area contributed by atoms with Gasteiger partial charge in [0, 0.05) is 11.3 Å². The lowest BCUT2D eigenvalue weighted by Crippen LogP contribution is -2.35. The summed E-state index contributed by atoms with van der Waals surface area (Å²) in [7, 11) is 0. The zero-order valence-corrected chi connectivity index (χ0v) is 23.8. The van der Waals surface area contributed by atoms with E-state index in [1.807, 2.05) is 12.2 Å². The number of carbonyl (C=O) groups is 1. The van der Waals surface area contributed by atoms with Crippen molar-refractivity contribution < 1.29 is 4.79 Å². The van der Waals surface area contributed by atoms with Crippen molar-refractivity contribution in [2.24, 2.45) is 5.92 Å². The quantitative estimate of drug-likeness (QED) is 0.0971. The Kier molecular flexibility index (Phi) is 15.9. The highest BCUT2D eigenvalue weighted by Gasteiger charge is 2.37. The fraction of sp³-hybridized carbons (Fsp3) is 0.676. The van der Waals surface area contributed by atoms with Crippen molar-refractivity contribution in [3.05, 3.63) is 60.7 Å². The van der Waals surface area contributed by atoms with Crippen LogP contribution in [0.5, 0.6) is 0 Å². The van der Waals surface area contributed by atoms with E-state index in [2.05, 4.69) is 65.1 Å². The summed E-state index contributed by atoms with van der Waals surface area (Å²) in [5.74, 6) is 0.0446. The number of aldehydes is 1. The molecule has 1 atom stereocenters. The molecule has 0 spiro atoms. The van der Waals surface area contributed by atoms with Crippen LogP contribution in [0.25, 0.3) is 0 Å². The van der Waals surface area contributed by atoms with E-state index in [-0.39, 0.29) is 16.7 Å². The highest BCUT2D eigenvalue weighted by Crippen LogP contribution is 2.42. The average Bonchev–Trinajstić information content (AvgIpc) is 2.85. The molecular weight excluding hydrogens is 424 g/mol. The predicted molar refractivity (Wildman–Crippen MR) is 156 cm³/mol. The molecule has 0 aliphatic carbocycles. The Morgan fingerprint density at radius 2 is 1.03 bits per heavy atom. The normalized spacial score (nSPS) is 12.9. The van der Waals surface area contributed by atoms with Crippen molar-refractivity contribution in [1.82, 2.24) is 0 Å². The molecule has 0 aromatic heterocycles. The van der Waals surface area contributed by atoms with E-state index in [1.165, 1.54) is 94.5 Å². The fourth-order valence-electron chi connectivity index (χ4n) is 5.44. The van der Waals surface area contributed by atoms with Gasteiger partial charge in [0.2, 0.25) is 0 Å². The van der Waals surface area contributed by atoms with Crippen molar-refractivity contribution in [1.29, 1.82) is 0 Å². The Hall–Kier alpha value is -1.63. The fourth-order valence-corrected chi connectivity index (χ4v) is 5.44. The van der Waals surface area contributed by atoms with Gasteiger partial charge in [0.1, 0.15) is 6.29 Å². The van der Waals surface area contributed by atoms with E-state index in [1.54, 1.807) is 0 Å². The Balaban J connectivity index is 2.87. The molecule has 0 aliphatic heterocycles. The zero-order valence-electron chi connectivity index (χ0n) is 23.8. The Bertz CT molecular complexity index is 666. The number of unbranched alkanes of at least 4 members (excludes halogenated alkanes) is 12. The van der Waals surface area contributed by atoms with Crippen LogP contribution in [0.2, 0.25) is 0 Å². The van der Waals surface area contributed by atoms with Crippen LogP contribution in [0.4, 0.5) is 0 Å². The summed E-state index contributed by atoms with van der Waals surface area (Å²) in [5.41, 5.74) is 2.86. The molecule has 1 heteroatoms. The molecule has 0 bridgehead atoms. The van der Waals surface area contributed by atoms with Crippen LogP contribution in [0.1, 0.15) is 142 Å². The highest BCUT2D eigenvalue weighted by molar-refractivity contribution is 5.57. The summed E-state index contributed by atoms with van der Waals surface area (Å²) in [5, 5.41) is 0. The van der Waals surface area contributed by atoms with Crippen LogP contribution < -0.4 is 0 Å². The van der Waals surface area contributed by atoms with Crippen LogP contribution in [0.3, 0.4) is 0 Å². The lowest BCUT2D eigenvalue weighted by molar-refractivity contribution is -0.112. The third kappa shape index (κ3) is 11.8. The van der Waals surface area contributed by atoms with Crippen molar-refractivity contribution in [3.63, 3.8) is 0 Å². The molecule has 0 radical (unpaired) electrons. The van der Waals surface area contributed by atoms with Gasteiger partial charge < -0.3 is 4.79 Å². The Morgan fingerprint density at radius 3 is 1.40 bits per heavy atom. The maximum Gasteiger partial charge on any atom is 0.123 e. The summed E-state index contributed by atoms with van der Waals surface area (Å²) in [6, 6.07) is 9.29. The molecule has 0 N–H and O–H groups in total. The first kappa shape index (κ1) is 31.4. The maximum atomic E-state index is 12.2. The first-order chi connectivity index (χ1) is 16.8. The number of rotatable bonds is 21. The van der Waals surface area contributed by atoms with Crippen molar-refractivity contribution in [2.45, 2.75) is 141 Å². The topological polar surface area (TPSA) is 17.1 Å². The molecule has 1 unspecified atom stereocenters. The lowest BCUT2D eigenvalue weighted by Gasteiger charge is -2.38. The van der Waals surface area contributed by atoms with Crippen molar-refractivity contribution >= 4 is 6.29 Å². The van der Waals surface area contributed by atoms with Crippen molar-refractivity contribution in [3.8, 4) is 0 Å². The summed E-state index contributed by atoms with van der Waals surface area (Å²) in [6.45, 7) is 16.6. The van der Waals surface area contributed by atoms with E-state index in [4.69, 9.17) is 0 Å². The van der Waals surface area contributed by atoms with Crippen LogP contribution >= 0.6 is 0 Å². The monoisotopic (exact) mass is 480 g/mol. The highest BCUT2D eigenvalue weighted by atomic mass is 16.1. The van der Waals surface area contributed by atoms with Gasteiger partial charge in [-0.15, -0.1) is 13.2 Å². The number of hydrogen-bond donors (Lipinski definition) is 0. The van der Waals surface area contributed by atoms with Gasteiger partial charge in [-0.25, -0.2) is 0 Å². The van der Waals surface area contributed by atoms with E-state index < -0.39 is 0 Å². The molecule has 1 rings (SSSR count). The summed E-state index contributed by atoms with van der Waals surface area (Å²) in [6.07, 6.45) is 25.1. The second-order valence-electron chi connectivity index (χ2n) is 11.8. The number of carbonyl (C=O) groups excluding carboxylic acids is 1. The molecule has 1 aromatic rings. The summed E-state index contributed by atoms with van der Waals surface area (Å²) in [4.78, 5) is 12.2. The standard InChI is InChI=1S/C34H56O/c1-7-9-11-13-15-17-19-21-27-34(30(3)29-35,28-22-20-18-16-14-12-10-8-2)32-25-23-31(24-26-32)33(4,5)6/h7-8,23-26,29-30H,1-2,9-22,27-28H2,3-6H3. The van der Waals surface area contributed by atoms with E-state index in [0.29, 0.717) is 0 Å². The molecule has 1 nitrogen and oxygen atoms in total. The van der Waals surface area contributed by atoms with Gasteiger partial charge in [-0.05, 0) is 55.1 Å². The van der Waals surface area contributed by atoms with Gasteiger partial charge >= 0.3 is 0 Å². The van der Waals surface area contributed by atoms with Crippen LogP contribution in [0, 0.1) is 5.92 Å². The minimum atomic E-state index is -0.0379. The average molecular weight is 481 g/mol.